The molecule has 192 valence electrons. The normalized spacial score (nSPS) is 21.2. The van der Waals surface area contributed by atoms with Crippen molar-refractivity contribution in [2.75, 3.05) is 6.61 Å². The van der Waals surface area contributed by atoms with E-state index in [2.05, 4.69) is 23.9 Å². The number of aromatic nitrogens is 2. The van der Waals surface area contributed by atoms with Gasteiger partial charge in [0.2, 0.25) is 5.91 Å². The highest BCUT2D eigenvalue weighted by molar-refractivity contribution is 5.88. The molecule has 0 saturated carbocycles. The standard InChI is InChI=1S/C26H30N2O8/c1-6-7-8-19-11-20(24-21(12-19)13-28(27-24)15(2)29)9-10-22-25(35-17(4)31)26(36-18(5)32)23(14-33-22)34-16(3)30/h11-13,22-23,25-26H,6-8,14H2,1-5H3. The number of hydrogen-bond acceptors (Lipinski definition) is 9. The molecule has 2 aromatic rings. The van der Waals surface area contributed by atoms with Gasteiger partial charge in [-0.2, -0.15) is 5.10 Å². The quantitative estimate of drug-likeness (QED) is 0.336. The Bertz CT molecular complexity index is 1220. The van der Waals surface area contributed by atoms with Gasteiger partial charge in [-0.1, -0.05) is 25.2 Å². The van der Waals surface area contributed by atoms with Crippen molar-refractivity contribution in [3.05, 3.63) is 29.5 Å². The van der Waals surface area contributed by atoms with Crippen LogP contribution in [0.15, 0.2) is 18.3 Å². The van der Waals surface area contributed by atoms with E-state index in [1.54, 1.807) is 6.20 Å². The van der Waals surface area contributed by atoms with Gasteiger partial charge in [0.25, 0.3) is 0 Å². The molecule has 0 bridgehead atoms. The molecule has 0 N–H and O–H groups in total. The summed E-state index contributed by atoms with van der Waals surface area (Å²) < 4.78 is 23.1. The zero-order valence-electron chi connectivity index (χ0n) is 21.0. The van der Waals surface area contributed by atoms with Gasteiger partial charge in [-0.25, -0.2) is 4.68 Å². The monoisotopic (exact) mass is 498 g/mol. The summed E-state index contributed by atoms with van der Waals surface area (Å²) >= 11 is 0. The van der Waals surface area contributed by atoms with Crippen LogP contribution < -0.4 is 0 Å². The number of aryl methyl sites for hydroxylation is 1. The van der Waals surface area contributed by atoms with Crippen molar-refractivity contribution in [3.8, 4) is 11.8 Å². The minimum Gasteiger partial charge on any atom is -0.456 e. The predicted octanol–water partition coefficient (Wildman–Crippen LogP) is 2.58. The lowest BCUT2D eigenvalue weighted by atomic mass is 9.98. The van der Waals surface area contributed by atoms with Gasteiger partial charge in [-0.15, -0.1) is 0 Å². The lowest BCUT2D eigenvalue weighted by Gasteiger charge is -2.38. The zero-order chi connectivity index (χ0) is 26.4. The fourth-order valence-electron chi connectivity index (χ4n) is 3.99. The maximum atomic E-state index is 11.9. The van der Waals surface area contributed by atoms with Crippen molar-refractivity contribution in [2.45, 2.75) is 78.3 Å². The first-order valence-corrected chi connectivity index (χ1v) is 11.8. The molecule has 0 aliphatic carbocycles. The molecule has 36 heavy (non-hydrogen) atoms. The third kappa shape index (κ3) is 6.70. The Morgan fingerprint density at radius 3 is 2.31 bits per heavy atom. The van der Waals surface area contributed by atoms with Crippen LogP contribution in [0.2, 0.25) is 0 Å². The number of esters is 3. The van der Waals surface area contributed by atoms with Crippen LogP contribution in [-0.4, -0.2) is 64.6 Å². The van der Waals surface area contributed by atoms with Crippen LogP contribution in [0.25, 0.3) is 10.9 Å². The second-order valence-electron chi connectivity index (χ2n) is 8.60. The number of carbonyl (C=O) groups is 4. The Kier molecular flexibility index (Phi) is 8.83. The van der Waals surface area contributed by atoms with Gasteiger partial charge in [0.15, 0.2) is 24.4 Å². The number of benzene rings is 1. The van der Waals surface area contributed by atoms with Crippen molar-refractivity contribution >= 4 is 34.7 Å². The highest BCUT2D eigenvalue weighted by Crippen LogP contribution is 2.25. The van der Waals surface area contributed by atoms with Gasteiger partial charge < -0.3 is 18.9 Å². The third-order valence-electron chi connectivity index (χ3n) is 5.51. The van der Waals surface area contributed by atoms with E-state index in [-0.39, 0.29) is 12.5 Å². The third-order valence-corrected chi connectivity index (χ3v) is 5.51. The summed E-state index contributed by atoms with van der Waals surface area (Å²) in [5.41, 5.74) is 2.17. The van der Waals surface area contributed by atoms with E-state index < -0.39 is 42.3 Å². The summed E-state index contributed by atoms with van der Waals surface area (Å²) in [6.07, 6.45) is 0.326. The second kappa shape index (κ2) is 11.8. The van der Waals surface area contributed by atoms with Gasteiger partial charge >= 0.3 is 17.9 Å². The zero-order valence-corrected chi connectivity index (χ0v) is 21.0. The molecule has 0 amide bonds. The SMILES string of the molecule is CCCCc1cc(C#CC2OCC(OC(C)=O)C(OC(C)=O)C2OC(C)=O)c2nn(C(C)=O)cc2c1. The molecular weight excluding hydrogens is 468 g/mol. The number of fused-ring (bicyclic) bond motifs is 1. The molecular formula is C26H30N2O8. The molecule has 1 fully saturated rings. The van der Waals surface area contributed by atoms with E-state index in [9.17, 15) is 19.2 Å². The predicted molar refractivity (Wildman–Crippen MR) is 128 cm³/mol. The van der Waals surface area contributed by atoms with Gasteiger partial charge in [0.05, 0.1) is 12.2 Å². The van der Waals surface area contributed by atoms with Crippen molar-refractivity contribution in [1.82, 2.24) is 9.78 Å². The van der Waals surface area contributed by atoms with Crippen molar-refractivity contribution < 1.29 is 38.1 Å². The fraction of sp³-hybridized carbons (Fsp3) is 0.500. The summed E-state index contributed by atoms with van der Waals surface area (Å²) in [4.78, 5) is 47.1. The number of carbonyl (C=O) groups excluding carboxylic acids is 4. The maximum Gasteiger partial charge on any atom is 0.303 e. The minimum atomic E-state index is -1.13. The topological polar surface area (TPSA) is 123 Å². The smallest absolute Gasteiger partial charge is 0.303 e. The van der Waals surface area contributed by atoms with E-state index in [0.717, 1.165) is 30.2 Å². The highest BCUT2D eigenvalue weighted by atomic mass is 16.6. The molecule has 1 aliphatic rings. The molecule has 4 unspecified atom stereocenters. The van der Waals surface area contributed by atoms with E-state index >= 15 is 0 Å². The molecule has 1 aliphatic heterocycles. The van der Waals surface area contributed by atoms with Crippen LogP contribution >= 0.6 is 0 Å². The van der Waals surface area contributed by atoms with Crippen LogP contribution in [0.4, 0.5) is 0 Å². The summed E-state index contributed by atoms with van der Waals surface area (Å²) in [6, 6.07) is 3.90. The summed E-state index contributed by atoms with van der Waals surface area (Å²) in [5.74, 6) is 3.92. The highest BCUT2D eigenvalue weighted by Gasteiger charge is 2.46. The Hall–Kier alpha value is -3.71. The molecule has 10 nitrogen and oxygen atoms in total. The van der Waals surface area contributed by atoms with Crippen molar-refractivity contribution in [3.63, 3.8) is 0 Å². The Labute approximate surface area is 209 Å². The van der Waals surface area contributed by atoms with Gasteiger partial charge in [0, 0.05) is 39.3 Å². The largest absolute Gasteiger partial charge is 0.456 e. The Morgan fingerprint density at radius 2 is 1.69 bits per heavy atom. The Morgan fingerprint density at radius 1 is 1.03 bits per heavy atom. The first kappa shape index (κ1) is 26.9. The van der Waals surface area contributed by atoms with Gasteiger partial charge in [0.1, 0.15) is 5.52 Å². The molecule has 3 rings (SSSR count). The van der Waals surface area contributed by atoms with Gasteiger partial charge in [-0.3, -0.25) is 19.2 Å². The number of unbranched alkanes of at least 4 members (excludes halogenated alkanes) is 1. The van der Waals surface area contributed by atoms with Crippen LogP contribution in [0.1, 0.15) is 63.4 Å². The minimum absolute atomic E-state index is 0.112. The molecule has 0 radical (unpaired) electrons. The van der Waals surface area contributed by atoms with E-state index in [4.69, 9.17) is 18.9 Å². The number of ether oxygens (including phenoxy) is 4. The first-order valence-electron chi connectivity index (χ1n) is 11.8. The number of rotatable bonds is 6. The summed E-state index contributed by atoms with van der Waals surface area (Å²) in [6.45, 7) is 7.04. The molecule has 1 aromatic heterocycles. The second-order valence-corrected chi connectivity index (χ2v) is 8.60. The van der Waals surface area contributed by atoms with Crippen molar-refractivity contribution in [2.24, 2.45) is 0 Å². The average molecular weight is 499 g/mol. The molecule has 4 atom stereocenters. The van der Waals surface area contributed by atoms with Gasteiger partial charge in [-0.05, 0) is 30.5 Å². The van der Waals surface area contributed by atoms with Crippen LogP contribution in [0.3, 0.4) is 0 Å². The fourth-order valence-corrected chi connectivity index (χ4v) is 3.99. The van der Waals surface area contributed by atoms with E-state index in [1.807, 2.05) is 12.1 Å². The van der Waals surface area contributed by atoms with E-state index in [0.29, 0.717) is 11.1 Å². The van der Waals surface area contributed by atoms with Crippen LogP contribution in [-0.2, 0) is 39.8 Å². The lowest BCUT2D eigenvalue weighted by Crippen LogP contribution is -2.57. The molecule has 10 heteroatoms. The number of hydrogen-bond donors (Lipinski definition) is 0. The first-order chi connectivity index (χ1) is 17.1. The lowest BCUT2D eigenvalue weighted by molar-refractivity contribution is -0.217. The Balaban J connectivity index is 2.03. The molecule has 2 heterocycles. The van der Waals surface area contributed by atoms with Crippen molar-refractivity contribution in [1.29, 1.82) is 0 Å². The van der Waals surface area contributed by atoms with E-state index in [1.165, 1.54) is 32.4 Å². The van der Waals surface area contributed by atoms with Crippen LogP contribution in [0.5, 0.6) is 0 Å². The molecule has 0 spiro atoms. The number of nitrogens with zero attached hydrogens (tertiary/aromatic N) is 2. The molecule has 1 saturated heterocycles. The molecule has 1 aromatic carbocycles. The average Bonchev–Trinajstić information content (AvgIpc) is 3.23. The summed E-state index contributed by atoms with van der Waals surface area (Å²) in [7, 11) is 0. The summed E-state index contributed by atoms with van der Waals surface area (Å²) in [5, 5.41) is 5.15. The maximum absolute atomic E-state index is 11.9. The van der Waals surface area contributed by atoms with Crippen LogP contribution in [0, 0.1) is 11.8 Å².